The number of carbonyl (C=O) groups excluding carboxylic acids is 1. The fraction of sp³-hybridized carbons (Fsp3) is 0.278. The maximum absolute atomic E-state index is 12.1. The molecule has 1 aliphatic heterocycles. The summed E-state index contributed by atoms with van der Waals surface area (Å²) in [5, 5.41) is 0.737. The number of amides is 1. The van der Waals surface area contributed by atoms with Crippen LogP contribution < -0.4 is 4.90 Å². The molecule has 0 radical (unpaired) electrons. The number of halogens is 1. The van der Waals surface area contributed by atoms with Crippen LogP contribution in [0.15, 0.2) is 48.5 Å². The van der Waals surface area contributed by atoms with E-state index in [1.54, 1.807) is 19.0 Å². The maximum atomic E-state index is 12.1. The van der Waals surface area contributed by atoms with Crippen molar-refractivity contribution in [3.63, 3.8) is 0 Å². The molecule has 0 aliphatic carbocycles. The molecule has 0 aromatic heterocycles. The Morgan fingerprint density at radius 3 is 2.64 bits per heavy atom. The number of nitrogens with zero attached hydrogens (tertiary/aromatic N) is 2. The van der Waals surface area contributed by atoms with Crippen LogP contribution >= 0.6 is 11.6 Å². The minimum Gasteiger partial charge on any atom is -0.361 e. The zero-order valence-electron chi connectivity index (χ0n) is 12.8. The number of hydrogen-bond acceptors (Lipinski definition) is 2. The van der Waals surface area contributed by atoms with Crippen LogP contribution in [0.4, 0.5) is 5.69 Å². The lowest BCUT2D eigenvalue weighted by atomic mass is 9.93. The highest BCUT2D eigenvalue weighted by atomic mass is 35.5. The molecule has 0 fully saturated rings. The molecule has 0 bridgehead atoms. The quantitative estimate of drug-likeness (QED) is 0.867. The molecule has 0 saturated heterocycles. The van der Waals surface area contributed by atoms with E-state index in [-0.39, 0.29) is 11.8 Å². The van der Waals surface area contributed by atoms with Gasteiger partial charge in [-0.3, -0.25) is 4.79 Å². The lowest BCUT2D eigenvalue weighted by Gasteiger charge is -2.21. The summed E-state index contributed by atoms with van der Waals surface area (Å²) in [6.45, 7) is 1.20. The SMILES string of the molecule is CN(C)C(=O)CN1CC(c2ccccc2)c2cc(Cl)ccc21. The average molecular weight is 315 g/mol. The highest BCUT2D eigenvalue weighted by Crippen LogP contribution is 2.41. The molecule has 1 heterocycles. The third kappa shape index (κ3) is 2.81. The van der Waals surface area contributed by atoms with E-state index in [0.29, 0.717) is 6.54 Å². The first-order chi connectivity index (χ1) is 10.6. The summed E-state index contributed by atoms with van der Waals surface area (Å²) >= 11 is 6.19. The van der Waals surface area contributed by atoms with Gasteiger partial charge in [0.25, 0.3) is 0 Å². The van der Waals surface area contributed by atoms with E-state index in [9.17, 15) is 4.79 Å². The smallest absolute Gasteiger partial charge is 0.241 e. The zero-order chi connectivity index (χ0) is 15.7. The van der Waals surface area contributed by atoms with Crippen LogP contribution in [0.5, 0.6) is 0 Å². The molecule has 0 N–H and O–H groups in total. The number of benzene rings is 2. The van der Waals surface area contributed by atoms with Crippen LogP contribution in [0.2, 0.25) is 5.02 Å². The normalized spacial score (nSPS) is 16.5. The largest absolute Gasteiger partial charge is 0.361 e. The van der Waals surface area contributed by atoms with Gasteiger partial charge in [-0.25, -0.2) is 0 Å². The Bertz CT molecular complexity index is 685. The minimum absolute atomic E-state index is 0.106. The molecule has 1 unspecified atom stereocenters. The maximum Gasteiger partial charge on any atom is 0.241 e. The van der Waals surface area contributed by atoms with E-state index in [1.165, 1.54) is 11.1 Å². The Labute approximate surface area is 136 Å². The van der Waals surface area contributed by atoms with Crippen LogP contribution in [0.1, 0.15) is 17.0 Å². The van der Waals surface area contributed by atoms with Gasteiger partial charge in [0.2, 0.25) is 5.91 Å². The van der Waals surface area contributed by atoms with Crippen molar-refractivity contribution in [1.29, 1.82) is 0 Å². The summed E-state index contributed by atoms with van der Waals surface area (Å²) in [6.07, 6.45) is 0. The summed E-state index contributed by atoms with van der Waals surface area (Å²) in [5.74, 6) is 0.361. The van der Waals surface area contributed by atoms with Crippen molar-refractivity contribution in [2.24, 2.45) is 0 Å². The predicted octanol–water partition coefficient (Wildman–Crippen LogP) is 3.38. The van der Waals surface area contributed by atoms with Crippen molar-refractivity contribution >= 4 is 23.2 Å². The molecule has 0 saturated carbocycles. The number of likely N-dealkylation sites (N-methyl/N-ethyl adjacent to an activating group) is 1. The molecule has 1 atom stereocenters. The van der Waals surface area contributed by atoms with Crippen molar-refractivity contribution in [3.8, 4) is 0 Å². The number of fused-ring (bicyclic) bond motifs is 1. The number of hydrogen-bond donors (Lipinski definition) is 0. The summed E-state index contributed by atoms with van der Waals surface area (Å²) < 4.78 is 0. The molecule has 3 rings (SSSR count). The zero-order valence-corrected chi connectivity index (χ0v) is 13.5. The molecule has 0 spiro atoms. The molecule has 3 nitrogen and oxygen atoms in total. The second-order valence-corrected chi connectivity index (χ2v) is 6.27. The lowest BCUT2D eigenvalue weighted by molar-refractivity contribution is -0.127. The van der Waals surface area contributed by atoms with Gasteiger partial charge >= 0.3 is 0 Å². The van der Waals surface area contributed by atoms with E-state index in [2.05, 4.69) is 17.0 Å². The van der Waals surface area contributed by atoms with Gasteiger partial charge in [0.05, 0.1) is 6.54 Å². The van der Waals surface area contributed by atoms with E-state index < -0.39 is 0 Å². The fourth-order valence-electron chi connectivity index (χ4n) is 2.93. The number of carbonyl (C=O) groups is 1. The topological polar surface area (TPSA) is 23.6 Å². The van der Waals surface area contributed by atoms with E-state index in [4.69, 9.17) is 11.6 Å². The molecule has 4 heteroatoms. The second kappa shape index (κ2) is 6.01. The first kappa shape index (κ1) is 14.9. The minimum atomic E-state index is 0.106. The van der Waals surface area contributed by atoms with Gasteiger partial charge in [0, 0.05) is 37.3 Å². The van der Waals surface area contributed by atoms with E-state index >= 15 is 0 Å². The fourth-order valence-corrected chi connectivity index (χ4v) is 3.11. The molecule has 1 amide bonds. The third-order valence-corrected chi connectivity index (χ3v) is 4.37. The van der Waals surface area contributed by atoms with Gasteiger partial charge in [0.1, 0.15) is 0 Å². The van der Waals surface area contributed by atoms with Gasteiger partial charge in [-0.1, -0.05) is 41.9 Å². The number of rotatable bonds is 3. The lowest BCUT2D eigenvalue weighted by Crippen LogP contribution is -2.36. The highest BCUT2D eigenvalue weighted by Gasteiger charge is 2.31. The summed E-state index contributed by atoms with van der Waals surface area (Å²) in [5.41, 5.74) is 3.56. The first-order valence-electron chi connectivity index (χ1n) is 7.36. The molecular weight excluding hydrogens is 296 g/mol. The monoisotopic (exact) mass is 314 g/mol. The van der Waals surface area contributed by atoms with Crippen LogP contribution in [0.3, 0.4) is 0 Å². The van der Waals surface area contributed by atoms with Gasteiger partial charge in [-0.05, 0) is 29.3 Å². The summed E-state index contributed by atoms with van der Waals surface area (Å²) in [4.78, 5) is 15.9. The van der Waals surface area contributed by atoms with E-state index in [1.807, 2.05) is 36.4 Å². The first-order valence-corrected chi connectivity index (χ1v) is 7.73. The Morgan fingerprint density at radius 1 is 1.23 bits per heavy atom. The van der Waals surface area contributed by atoms with Crippen LogP contribution in [0, 0.1) is 0 Å². The Morgan fingerprint density at radius 2 is 1.95 bits per heavy atom. The molecule has 22 heavy (non-hydrogen) atoms. The molecule has 114 valence electrons. The Hall–Kier alpha value is -2.00. The van der Waals surface area contributed by atoms with Crippen molar-refractivity contribution in [3.05, 3.63) is 64.7 Å². The molecule has 2 aromatic rings. The van der Waals surface area contributed by atoms with E-state index in [0.717, 1.165) is 17.3 Å². The molecule has 1 aliphatic rings. The standard InChI is InChI=1S/C18H19ClN2O/c1-20(2)18(22)12-21-11-16(13-6-4-3-5-7-13)15-10-14(19)8-9-17(15)21/h3-10,16H,11-12H2,1-2H3. The van der Waals surface area contributed by atoms with Crippen LogP contribution in [-0.4, -0.2) is 38.0 Å². The average Bonchev–Trinajstić information content (AvgIpc) is 2.86. The van der Waals surface area contributed by atoms with Gasteiger partial charge in [0.15, 0.2) is 0 Å². The molecular formula is C18H19ClN2O. The highest BCUT2D eigenvalue weighted by molar-refractivity contribution is 6.30. The van der Waals surface area contributed by atoms with Crippen molar-refractivity contribution in [1.82, 2.24) is 4.90 Å². The van der Waals surface area contributed by atoms with Crippen LogP contribution in [0.25, 0.3) is 0 Å². The summed E-state index contributed by atoms with van der Waals surface area (Å²) in [7, 11) is 3.58. The van der Waals surface area contributed by atoms with Crippen molar-refractivity contribution < 1.29 is 4.79 Å². The van der Waals surface area contributed by atoms with Gasteiger partial charge in [-0.2, -0.15) is 0 Å². The van der Waals surface area contributed by atoms with Crippen LogP contribution in [-0.2, 0) is 4.79 Å². The Kier molecular flexibility index (Phi) is 4.08. The molecule has 2 aromatic carbocycles. The Balaban J connectivity index is 1.96. The summed E-state index contributed by atoms with van der Waals surface area (Å²) in [6, 6.07) is 16.3. The van der Waals surface area contributed by atoms with Gasteiger partial charge < -0.3 is 9.80 Å². The second-order valence-electron chi connectivity index (χ2n) is 5.84. The van der Waals surface area contributed by atoms with Gasteiger partial charge in [-0.15, -0.1) is 0 Å². The predicted molar refractivity (Wildman–Crippen MR) is 90.6 cm³/mol. The third-order valence-electron chi connectivity index (χ3n) is 4.14. The van der Waals surface area contributed by atoms with Crippen molar-refractivity contribution in [2.75, 3.05) is 32.1 Å². The number of anilines is 1. The van der Waals surface area contributed by atoms with Crippen molar-refractivity contribution in [2.45, 2.75) is 5.92 Å².